The second-order valence-corrected chi connectivity index (χ2v) is 7.15. The molecule has 2 saturated heterocycles. The highest BCUT2D eigenvalue weighted by atomic mass is 19.4. The highest BCUT2D eigenvalue weighted by molar-refractivity contribution is 5.87. The van der Waals surface area contributed by atoms with Crippen molar-refractivity contribution in [3.05, 3.63) is 48.5 Å². The number of carboxylic acids is 1. The van der Waals surface area contributed by atoms with Gasteiger partial charge in [0.25, 0.3) is 0 Å². The molecule has 1 amide bonds. The Labute approximate surface area is 170 Å². The van der Waals surface area contributed by atoms with Crippen LogP contribution in [-0.4, -0.2) is 56.7 Å². The molecule has 4 heterocycles. The molecule has 2 aliphatic heterocycles. The average molecular weight is 423 g/mol. The Bertz CT molecular complexity index is 872. The molecule has 2 aliphatic rings. The fourth-order valence-electron chi connectivity index (χ4n) is 3.67. The van der Waals surface area contributed by atoms with Crippen LogP contribution in [0, 0.1) is 0 Å². The second kappa shape index (κ2) is 8.64. The standard InChI is InChI=1S/C17H19N5O.C2HF3O2/c23-15-14(13-2-8-18-9-3-13)12-17(21-15)4-10-22(11-5-17)16-19-6-1-7-20-16;3-2(4,5)1(6)7/h1-3,6-9,14H,4-5,10-12H2,(H,21,23);(H,6,7). The summed E-state index contributed by atoms with van der Waals surface area (Å²) >= 11 is 0. The molecule has 2 fully saturated rings. The van der Waals surface area contributed by atoms with E-state index in [0.29, 0.717) is 0 Å². The fraction of sp³-hybridized carbons (Fsp3) is 0.421. The summed E-state index contributed by atoms with van der Waals surface area (Å²) < 4.78 is 31.7. The molecule has 0 saturated carbocycles. The number of hydrogen-bond donors (Lipinski definition) is 2. The second-order valence-electron chi connectivity index (χ2n) is 7.15. The van der Waals surface area contributed by atoms with E-state index in [1.165, 1.54) is 0 Å². The van der Waals surface area contributed by atoms with Crippen LogP contribution in [0.15, 0.2) is 43.0 Å². The first-order valence-electron chi connectivity index (χ1n) is 9.24. The Morgan fingerprint density at radius 1 is 1.13 bits per heavy atom. The molecule has 8 nitrogen and oxygen atoms in total. The number of piperidine rings is 1. The maximum Gasteiger partial charge on any atom is 0.490 e. The number of aromatic nitrogens is 3. The van der Waals surface area contributed by atoms with Crippen molar-refractivity contribution >= 4 is 17.8 Å². The number of carbonyl (C=O) groups excluding carboxylic acids is 1. The number of carboxylic acid groups (broad SMARTS) is 1. The lowest BCUT2D eigenvalue weighted by molar-refractivity contribution is -0.192. The van der Waals surface area contributed by atoms with Crippen molar-refractivity contribution in [1.82, 2.24) is 20.3 Å². The van der Waals surface area contributed by atoms with E-state index in [4.69, 9.17) is 9.90 Å². The Hall–Kier alpha value is -3.24. The molecule has 0 aliphatic carbocycles. The molecule has 2 aromatic heterocycles. The van der Waals surface area contributed by atoms with E-state index in [1.807, 2.05) is 18.2 Å². The fourth-order valence-corrected chi connectivity index (χ4v) is 3.67. The van der Waals surface area contributed by atoms with E-state index in [2.05, 4.69) is 25.2 Å². The topological polar surface area (TPSA) is 108 Å². The quantitative estimate of drug-likeness (QED) is 0.762. The van der Waals surface area contributed by atoms with Crippen LogP contribution in [0.4, 0.5) is 19.1 Å². The van der Waals surface area contributed by atoms with Crippen molar-refractivity contribution in [2.75, 3.05) is 18.0 Å². The molecule has 0 aromatic carbocycles. The lowest BCUT2D eigenvalue weighted by Crippen LogP contribution is -2.51. The normalized spacial score (nSPS) is 20.3. The zero-order valence-corrected chi connectivity index (χ0v) is 15.8. The van der Waals surface area contributed by atoms with Crippen molar-refractivity contribution < 1.29 is 27.9 Å². The SMILES string of the molecule is O=C(O)C(F)(F)F.O=C1NC2(CCN(c3ncccn3)CC2)CC1c1ccncc1. The van der Waals surface area contributed by atoms with Crippen LogP contribution in [0.5, 0.6) is 0 Å². The van der Waals surface area contributed by atoms with Crippen LogP contribution in [0.25, 0.3) is 0 Å². The number of carbonyl (C=O) groups is 2. The summed E-state index contributed by atoms with van der Waals surface area (Å²) in [6, 6.07) is 5.71. The summed E-state index contributed by atoms with van der Waals surface area (Å²) in [6.45, 7) is 1.74. The molecule has 2 N–H and O–H groups in total. The number of nitrogens with one attached hydrogen (secondary N) is 1. The van der Waals surface area contributed by atoms with Crippen LogP contribution in [0.2, 0.25) is 0 Å². The summed E-state index contributed by atoms with van der Waals surface area (Å²) in [4.78, 5) is 36.2. The molecule has 160 valence electrons. The van der Waals surface area contributed by atoms with Crippen LogP contribution in [0.1, 0.15) is 30.7 Å². The van der Waals surface area contributed by atoms with Gasteiger partial charge < -0.3 is 15.3 Å². The van der Waals surface area contributed by atoms with Crippen LogP contribution < -0.4 is 10.2 Å². The van der Waals surface area contributed by atoms with Gasteiger partial charge in [-0.25, -0.2) is 14.8 Å². The van der Waals surface area contributed by atoms with E-state index >= 15 is 0 Å². The van der Waals surface area contributed by atoms with Gasteiger partial charge in [0.15, 0.2) is 0 Å². The number of anilines is 1. The predicted octanol–water partition coefficient (Wildman–Crippen LogP) is 2.15. The largest absolute Gasteiger partial charge is 0.490 e. The number of amides is 1. The van der Waals surface area contributed by atoms with Gasteiger partial charge in [-0.3, -0.25) is 9.78 Å². The Morgan fingerprint density at radius 2 is 1.70 bits per heavy atom. The van der Waals surface area contributed by atoms with Gasteiger partial charge in [-0.1, -0.05) is 0 Å². The molecule has 2 aromatic rings. The van der Waals surface area contributed by atoms with Gasteiger partial charge in [-0.05, 0) is 43.0 Å². The Morgan fingerprint density at radius 3 is 2.23 bits per heavy atom. The molecule has 1 unspecified atom stereocenters. The third kappa shape index (κ3) is 5.02. The van der Waals surface area contributed by atoms with Crippen molar-refractivity contribution in [2.24, 2.45) is 0 Å². The van der Waals surface area contributed by atoms with Gasteiger partial charge in [-0.15, -0.1) is 0 Å². The maximum absolute atomic E-state index is 12.4. The van der Waals surface area contributed by atoms with Gasteiger partial charge in [-0.2, -0.15) is 13.2 Å². The Kier molecular flexibility index (Phi) is 6.18. The zero-order valence-electron chi connectivity index (χ0n) is 15.8. The van der Waals surface area contributed by atoms with Gasteiger partial charge in [0.2, 0.25) is 11.9 Å². The minimum Gasteiger partial charge on any atom is -0.475 e. The third-order valence-corrected chi connectivity index (χ3v) is 5.21. The van der Waals surface area contributed by atoms with Crippen LogP contribution in [0.3, 0.4) is 0 Å². The summed E-state index contributed by atoms with van der Waals surface area (Å²) in [6.07, 6.45) is 4.68. The van der Waals surface area contributed by atoms with Crippen molar-refractivity contribution in [2.45, 2.75) is 36.9 Å². The number of hydrogen-bond acceptors (Lipinski definition) is 6. The monoisotopic (exact) mass is 423 g/mol. The lowest BCUT2D eigenvalue weighted by Gasteiger charge is -2.39. The minimum atomic E-state index is -5.08. The molecule has 4 rings (SSSR count). The van der Waals surface area contributed by atoms with E-state index in [0.717, 1.165) is 43.9 Å². The highest BCUT2D eigenvalue weighted by Gasteiger charge is 2.46. The molecule has 30 heavy (non-hydrogen) atoms. The molecule has 11 heteroatoms. The first kappa shape index (κ1) is 21.5. The van der Waals surface area contributed by atoms with Crippen LogP contribution >= 0.6 is 0 Å². The highest BCUT2D eigenvalue weighted by Crippen LogP contribution is 2.39. The predicted molar refractivity (Wildman–Crippen MR) is 99.6 cm³/mol. The molecular formula is C19H20F3N5O3. The molecular weight excluding hydrogens is 403 g/mol. The number of alkyl halides is 3. The maximum atomic E-state index is 12.4. The van der Waals surface area contributed by atoms with E-state index in [1.54, 1.807) is 24.8 Å². The summed E-state index contributed by atoms with van der Waals surface area (Å²) in [5.41, 5.74) is 0.972. The molecule has 1 atom stereocenters. The van der Waals surface area contributed by atoms with Gasteiger partial charge in [0.05, 0.1) is 5.92 Å². The van der Waals surface area contributed by atoms with Crippen LogP contribution in [-0.2, 0) is 9.59 Å². The van der Waals surface area contributed by atoms with Crippen molar-refractivity contribution in [3.63, 3.8) is 0 Å². The van der Waals surface area contributed by atoms with Crippen molar-refractivity contribution in [1.29, 1.82) is 0 Å². The number of rotatable bonds is 2. The number of pyridine rings is 1. The smallest absolute Gasteiger partial charge is 0.475 e. The molecule has 0 radical (unpaired) electrons. The average Bonchev–Trinajstić information content (AvgIpc) is 3.05. The van der Waals surface area contributed by atoms with E-state index in [9.17, 15) is 18.0 Å². The number of halogens is 3. The first-order chi connectivity index (χ1) is 14.2. The zero-order chi connectivity index (χ0) is 21.8. The molecule has 0 bridgehead atoms. The summed E-state index contributed by atoms with van der Waals surface area (Å²) in [5.74, 6) is -1.90. The first-order valence-corrected chi connectivity index (χ1v) is 9.24. The molecule has 1 spiro atoms. The van der Waals surface area contributed by atoms with Crippen molar-refractivity contribution in [3.8, 4) is 0 Å². The van der Waals surface area contributed by atoms with Gasteiger partial charge in [0, 0.05) is 43.4 Å². The Balaban J connectivity index is 0.000000318. The minimum absolute atomic E-state index is 0.0578. The number of nitrogens with zero attached hydrogens (tertiary/aromatic N) is 4. The van der Waals surface area contributed by atoms with E-state index in [-0.39, 0.29) is 17.4 Å². The summed E-state index contributed by atoms with van der Waals surface area (Å²) in [5, 5.41) is 10.4. The van der Waals surface area contributed by atoms with Gasteiger partial charge in [0.1, 0.15) is 0 Å². The lowest BCUT2D eigenvalue weighted by atomic mass is 9.82. The van der Waals surface area contributed by atoms with Gasteiger partial charge >= 0.3 is 12.1 Å². The third-order valence-electron chi connectivity index (χ3n) is 5.21. The van der Waals surface area contributed by atoms with E-state index < -0.39 is 12.1 Å². The summed E-state index contributed by atoms with van der Waals surface area (Å²) in [7, 11) is 0. The number of aliphatic carboxylic acids is 1.